The zero-order valence-corrected chi connectivity index (χ0v) is 17.9. The van der Waals surface area contributed by atoms with Crippen LogP contribution in [0.2, 0.25) is 11.1 Å². The molecule has 1 aromatic carbocycles. The van der Waals surface area contributed by atoms with Gasteiger partial charge in [0.15, 0.2) is 0 Å². The monoisotopic (exact) mass is 444 g/mol. The number of carboxylic acids is 1. The molecule has 0 bridgehead atoms. The van der Waals surface area contributed by atoms with Crippen molar-refractivity contribution < 1.29 is 24.2 Å². The first kappa shape index (κ1) is 23.1. The van der Waals surface area contributed by atoms with Gasteiger partial charge in [0, 0.05) is 0 Å². The van der Waals surface area contributed by atoms with Gasteiger partial charge in [-0.05, 0) is 0 Å². The number of carbonyl (C=O) groups is 3. The summed E-state index contributed by atoms with van der Waals surface area (Å²) in [5.41, 5.74) is 5.99. The number of ether oxygens (including phenoxy) is 1. The molecule has 2 atom stereocenters. The number of nitrogens with zero attached hydrogens (tertiary/aromatic N) is 1. The number of benzene rings is 1. The summed E-state index contributed by atoms with van der Waals surface area (Å²) in [4.78, 5) is 38.0. The summed E-state index contributed by atoms with van der Waals surface area (Å²) in [5, 5.41) is 10.2. The quantitative estimate of drug-likeness (QED) is 0.597. The van der Waals surface area contributed by atoms with Crippen LogP contribution in [-0.2, 0) is 20.7 Å². The Bertz CT molecular complexity index is 645. The molecule has 1 rings (SSSR count). The van der Waals surface area contributed by atoms with Crippen LogP contribution in [0.3, 0.4) is 0 Å². The van der Waals surface area contributed by atoms with Crippen molar-refractivity contribution in [2.24, 2.45) is 5.73 Å². The number of rotatable bonds is 8. The maximum atomic E-state index is 12.9. The van der Waals surface area contributed by atoms with Crippen LogP contribution in [-0.4, -0.2) is 60.6 Å². The predicted molar refractivity (Wildman–Crippen MR) is 104 cm³/mol. The van der Waals surface area contributed by atoms with Gasteiger partial charge in [0.1, 0.15) is 0 Å². The first-order valence-electron chi connectivity index (χ1n) is 8.64. The number of imide groups is 1. The van der Waals surface area contributed by atoms with E-state index in [0.717, 1.165) is 5.56 Å². The molecule has 0 saturated heterocycles. The standard InChI is InChI=1S/C19H28N2O5Se/c1-19(2,3)26-18(25)21(15(17(23)24)10-11-27-4)16(22)14(20)12-13-8-6-5-7-9-13/h5-9,14-15H,10-12,20H2,1-4H3,(H,23,24)/t14-,15-/m0/s1. The van der Waals surface area contributed by atoms with E-state index in [1.807, 2.05) is 36.2 Å². The fourth-order valence-electron chi connectivity index (χ4n) is 2.41. The van der Waals surface area contributed by atoms with E-state index in [-0.39, 0.29) is 27.8 Å². The minimum absolute atomic E-state index is 0.175. The van der Waals surface area contributed by atoms with Gasteiger partial charge in [0.2, 0.25) is 0 Å². The third-order valence-corrected chi connectivity index (χ3v) is 4.99. The van der Waals surface area contributed by atoms with Crippen LogP contribution in [0.1, 0.15) is 32.8 Å². The molecule has 27 heavy (non-hydrogen) atoms. The van der Waals surface area contributed by atoms with Crippen molar-refractivity contribution in [3.05, 3.63) is 35.9 Å². The second-order valence-corrected chi connectivity index (χ2v) is 9.19. The first-order valence-corrected chi connectivity index (χ1v) is 11.6. The molecule has 7 nitrogen and oxygen atoms in total. The van der Waals surface area contributed by atoms with Gasteiger partial charge in [-0.15, -0.1) is 0 Å². The summed E-state index contributed by atoms with van der Waals surface area (Å²) in [5.74, 6) is -0.0263. The van der Waals surface area contributed by atoms with E-state index >= 15 is 0 Å². The van der Waals surface area contributed by atoms with Gasteiger partial charge in [-0.3, -0.25) is 0 Å². The van der Waals surface area contributed by atoms with Crippen molar-refractivity contribution in [3.8, 4) is 0 Å². The van der Waals surface area contributed by atoms with Gasteiger partial charge in [-0.2, -0.15) is 0 Å². The van der Waals surface area contributed by atoms with Gasteiger partial charge in [-0.25, -0.2) is 0 Å². The zero-order chi connectivity index (χ0) is 20.6. The molecule has 0 saturated carbocycles. The SMILES string of the molecule is C[Se]CC[C@@H](C(=O)O)N(C(=O)OC(C)(C)C)C(=O)[C@@H](N)Cc1ccccc1. The fraction of sp³-hybridized carbons (Fsp3) is 0.526. The molecule has 0 fully saturated rings. The second kappa shape index (κ2) is 10.4. The molecule has 0 radical (unpaired) electrons. The number of hydrogen-bond acceptors (Lipinski definition) is 5. The van der Waals surface area contributed by atoms with Crippen molar-refractivity contribution in [1.29, 1.82) is 0 Å². The number of hydrogen-bond donors (Lipinski definition) is 2. The molecule has 0 aliphatic rings. The predicted octanol–water partition coefficient (Wildman–Crippen LogP) is 2.33. The maximum absolute atomic E-state index is 12.9. The van der Waals surface area contributed by atoms with E-state index in [2.05, 4.69) is 0 Å². The average molecular weight is 443 g/mol. The van der Waals surface area contributed by atoms with Crippen molar-refractivity contribution in [2.75, 3.05) is 0 Å². The van der Waals surface area contributed by atoms with Crippen molar-refractivity contribution in [1.82, 2.24) is 4.90 Å². The molecular weight excluding hydrogens is 415 g/mol. The molecular formula is C19H28N2O5Se. The first-order chi connectivity index (χ1) is 12.6. The van der Waals surface area contributed by atoms with Crippen LogP contribution in [0.15, 0.2) is 30.3 Å². The molecule has 0 aliphatic heterocycles. The zero-order valence-electron chi connectivity index (χ0n) is 16.2. The Morgan fingerprint density at radius 2 is 1.81 bits per heavy atom. The summed E-state index contributed by atoms with van der Waals surface area (Å²) < 4.78 is 5.28. The van der Waals surface area contributed by atoms with E-state index in [0.29, 0.717) is 10.2 Å². The molecule has 0 spiro atoms. The van der Waals surface area contributed by atoms with Gasteiger partial charge in [-0.1, -0.05) is 0 Å². The van der Waals surface area contributed by atoms with Crippen molar-refractivity contribution >= 4 is 32.9 Å². The second-order valence-electron chi connectivity index (χ2n) is 7.12. The Hall–Kier alpha value is -1.89. The molecule has 0 aliphatic carbocycles. The molecule has 0 unspecified atom stereocenters. The fourth-order valence-corrected chi connectivity index (χ4v) is 3.37. The number of nitrogens with two attached hydrogens (primary N) is 1. The number of aliphatic carboxylic acids is 1. The number of carbonyl (C=O) groups excluding carboxylic acids is 2. The Balaban J connectivity index is 3.11. The Labute approximate surface area is 166 Å². The molecule has 0 aromatic heterocycles. The molecule has 1 aromatic rings. The van der Waals surface area contributed by atoms with Crippen LogP contribution in [0.25, 0.3) is 0 Å². The molecule has 150 valence electrons. The van der Waals surface area contributed by atoms with Gasteiger partial charge in [0.25, 0.3) is 0 Å². The van der Waals surface area contributed by atoms with Gasteiger partial charge >= 0.3 is 166 Å². The minimum atomic E-state index is -1.30. The summed E-state index contributed by atoms with van der Waals surface area (Å²) in [7, 11) is 0. The van der Waals surface area contributed by atoms with Crippen molar-refractivity contribution in [2.45, 2.75) is 62.4 Å². The Morgan fingerprint density at radius 1 is 1.22 bits per heavy atom. The summed E-state index contributed by atoms with van der Waals surface area (Å²) in [6, 6.07) is 6.78. The Morgan fingerprint density at radius 3 is 2.30 bits per heavy atom. The third kappa shape index (κ3) is 7.71. The van der Waals surface area contributed by atoms with Crippen LogP contribution >= 0.6 is 0 Å². The van der Waals surface area contributed by atoms with Crippen LogP contribution in [0, 0.1) is 0 Å². The summed E-state index contributed by atoms with van der Waals surface area (Å²) >= 11 is 0.211. The Kier molecular flexibility index (Phi) is 8.96. The van der Waals surface area contributed by atoms with E-state index in [1.54, 1.807) is 20.8 Å². The van der Waals surface area contributed by atoms with E-state index in [9.17, 15) is 19.5 Å². The number of carboxylic acid groups (broad SMARTS) is 1. The molecule has 2 amide bonds. The normalized spacial score (nSPS) is 13.5. The molecule has 8 heteroatoms. The summed E-state index contributed by atoms with van der Waals surface area (Å²) in [6.45, 7) is 4.97. The molecule has 0 heterocycles. The number of amides is 2. The van der Waals surface area contributed by atoms with E-state index < -0.39 is 35.7 Å². The molecule has 3 N–H and O–H groups in total. The van der Waals surface area contributed by atoms with Crippen LogP contribution < -0.4 is 5.73 Å². The van der Waals surface area contributed by atoms with E-state index in [1.165, 1.54) is 0 Å². The topological polar surface area (TPSA) is 110 Å². The summed E-state index contributed by atoms with van der Waals surface area (Å²) in [6.07, 6.45) is -0.607. The average Bonchev–Trinajstić information content (AvgIpc) is 2.56. The van der Waals surface area contributed by atoms with Gasteiger partial charge in [0.05, 0.1) is 0 Å². The van der Waals surface area contributed by atoms with E-state index in [4.69, 9.17) is 10.5 Å². The third-order valence-electron chi connectivity index (χ3n) is 3.64. The van der Waals surface area contributed by atoms with Gasteiger partial charge < -0.3 is 0 Å². The van der Waals surface area contributed by atoms with Crippen molar-refractivity contribution in [3.63, 3.8) is 0 Å². The van der Waals surface area contributed by atoms with Crippen LogP contribution in [0.4, 0.5) is 4.79 Å². The van der Waals surface area contributed by atoms with Crippen LogP contribution in [0.5, 0.6) is 0 Å².